The molecule has 2 bridgehead atoms. The SMILES string of the molecule is CCc1ccc(C2=CC=C(Cl)CC2)cc1C1=C(O)[C@H]2CC[C@H](CC2)C1=O. The minimum absolute atomic E-state index is 0.0786. The lowest BCUT2D eigenvalue weighted by molar-refractivity contribution is -0.117. The second-order valence-electron chi connectivity index (χ2n) is 7.70. The van der Waals surface area contributed by atoms with Crippen LogP contribution in [0.3, 0.4) is 0 Å². The summed E-state index contributed by atoms with van der Waals surface area (Å²) in [5.74, 6) is 0.712. The molecule has 1 aromatic rings. The first-order valence-corrected chi connectivity index (χ1v) is 10.1. The van der Waals surface area contributed by atoms with Crippen molar-refractivity contribution in [3.8, 4) is 0 Å². The summed E-state index contributed by atoms with van der Waals surface area (Å²) < 4.78 is 0. The van der Waals surface area contributed by atoms with Crippen LogP contribution in [0.2, 0.25) is 0 Å². The Morgan fingerprint density at radius 1 is 1.08 bits per heavy atom. The fourth-order valence-electron chi connectivity index (χ4n) is 4.60. The minimum atomic E-state index is 0.0786. The molecule has 136 valence electrons. The number of allylic oxidation sites excluding steroid dienone is 6. The van der Waals surface area contributed by atoms with Crippen molar-refractivity contribution < 1.29 is 9.90 Å². The van der Waals surface area contributed by atoms with Gasteiger partial charge in [-0.15, -0.1) is 0 Å². The number of carbonyl (C=O) groups is 1. The predicted octanol–water partition coefficient (Wildman–Crippen LogP) is 6.21. The quantitative estimate of drug-likeness (QED) is 0.688. The van der Waals surface area contributed by atoms with Gasteiger partial charge in [0, 0.05) is 16.9 Å². The molecule has 1 aromatic carbocycles. The Morgan fingerprint density at radius 3 is 2.46 bits per heavy atom. The van der Waals surface area contributed by atoms with Crippen LogP contribution >= 0.6 is 11.6 Å². The summed E-state index contributed by atoms with van der Waals surface area (Å²) >= 11 is 6.10. The molecule has 0 radical (unpaired) electrons. The van der Waals surface area contributed by atoms with E-state index in [-0.39, 0.29) is 17.6 Å². The van der Waals surface area contributed by atoms with Gasteiger partial charge < -0.3 is 5.11 Å². The number of halogens is 1. The summed E-state index contributed by atoms with van der Waals surface area (Å²) in [7, 11) is 0. The van der Waals surface area contributed by atoms with Crippen molar-refractivity contribution in [2.24, 2.45) is 11.8 Å². The number of rotatable bonds is 3. The molecule has 0 spiro atoms. The normalized spacial score (nSPS) is 25.8. The molecule has 5 rings (SSSR count). The van der Waals surface area contributed by atoms with Gasteiger partial charge in [0.05, 0.1) is 5.57 Å². The number of aryl methyl sites for hydroxylation is 1. The molecule has 4 aliphatic rings. The second-order valence-corrected chi connectivity index (χ2v) is 8.19. The largest absolute Gasteiger partial charge is 0.511 e. The topological polar surface area (TPSA) is 37.3 Å². The minimum Gasteiger partial charge on any atom is -0.511 e. The van der Waals surface area contributed by atoms with Crippen LogP contribution in [-0.2, 0) is 11.2 Å². The van der Waals surface area contributed by atoms with E-state index in [4.69, 9.17) is 11.6 Å². The molecule has 1 N–H and O–H groups in total. The number of benzene rings is 1. The van der Waals surface area contributed by atoms with Crippen LogP contribution in [0.4, 0.5) is 0 Å². The molecule has 0 unspecified atom stereocenters. The first-order valence-electron chi connectivity index (χ1n) is 9.74. The van der Waals surface area contributed by atoms with E-state index in [0.29, 0.717) is 11.3 Å². The monoisotopic (exact) mass is 368 g/mol. The van der Waals surface area contributed by atoms with Crippen molar-refractivity contribution in [2.75, 3.05) is 0 Å². The molecule has 1 fully saturated rings. The van der Waals surface area contributed by atoms with Gasteiger partial charge in [0.25, 0.3) is 0 Å². The lowest BCUT2D eigenvalue weighted by Crippen LogP contribution is -2.17. The van der Waals surface area contributed by atoms with Crippen LogP contribution in [0.15, 0.2) is 41.1 Å². The summed E-state index contributed by atoms with van der Waals surface area (Å²) in [4.78, 5) is 13.2. The molecule has 0 heterocycles. The molecular weight excluding hydrogens is 344 g/mol. The second kappa shape index (κ2) is 7.08. The number of aliphatic hydroxyl groups excluding tert-OH is 1. The molecular formula is C23H25ClO2. The molecule has 4 aliphatic carbocycles. The van der Waals surface area contributed by atoms with Crippen molar-refractivity contribution in [1.82, 2.24) is 0 Å². The number of Topliss-reactive ketones (excluding diaryl/α,β-unsaturated/α-hetero) is 1. The first kappa shape index (κ1) is 17.6. The number of fused-ring (bicyclic) bond motifs is 3. The van der Waals surface area contributed by atoms with Crippen molar-refractivity contribution in [3.05, 3.63) is 57.8 Å². The van der Waals surface area contributed by atoms with Crippen LogP contribution in [0.25, 0.3) is 11.1 Å². The third kappa shape index (κ3) is 3.05. The van der Waals surface area contributed by atoms with Gasteiger partial charge in [-0.1, -0.05) is 36.7 Å². The van der Waals surface area contributed by atoms with Crippen molar-refractivity contribution in [1.29, 1.82) is 0 Å². The highest BCUT2D eigenvalue weighted by atomic mass is 35.5. The molecule has 1 saturated carbocycles. The lowest BCUT2D eigenvalue weighted by Gasteiger charge is -2.21. The van der Waals surface area contributed by atoms with Crippen LogP contribution < -0.4 is 0 Å². The highest BCUT2D eigenvalue weighted by molar-refractivity contribution is 6.30. The van der Waals surface area contributed by atoms with Gasteiger partial charge in [-0.25, -0.2) is 0 Å². The van der Waals surface area contributed by atoms with Crippen molar-refractivity contribution in [2.45, 2.75) is 51.9 Å². The first-order chi connectivity index (χ1) is 12.6. The summed E-state index contributed by atoms with van der Waals surface area (Å²) in [6, 6.07) is 6.37. The highest BCUT2D eigenvalue weighted by Crippen LogP contribution is 2.44. The third-order valence-electron chi connectivity index (χ3n) is 6.22. The molecule has 0 saturated heterocycles. The molecule has 0 amide bonds. The van der Waals surface area contributed by atoms with Gasteiger partial charge in [0.15, 0.2) is 5.78 Å². The van der Waals surface area contributed by atoms with E-state index in [2.05, 4.69) is 31.2 Å². The highest BCUT2D eigenvalue weighted by Gasteiger charge is 2.38. The molecule has 3 heteroatoms. The van der Waals surface area contributed by atoms with E-state index >= 15 is 0 Å². The van der Waals surface area contributed by atoms with Crippen LogP contribution in [-0.4, -0.2) is 10.9 Å². The maximum absolute atomic E-state index is 13.2. The summed E-state index contributed by atoms with van der Waals surface area (Å²) in [6.07, 6.45) is 10.3. The zero-order valence-corrected chi connectivity index (χ0v) is 16.0. The van der Waals surface area contributed by atoms with Crippen LogP contribution in [0, 0.1) is 11.8 Å². The average molecular weight is 369 g/mol. The van der Waals surface area contributed by atoms with Crippen molar-refractivity contribution in [3.63, 3.8) is 0 Å². The molecule has 0 aromatic heterocycles. The Labute approximate surface area is 160 Å². The van der Waals surface area contributed by atoms with E-state index in [9.17, 15) is 9.90 Å². The maximum Gasteiger partial charge on any atom is 0.169 e. The Balaban J connectivity index is 1.84. The maximum atomic E-state index is 13.2. The third-order valence-corrected chi connectivity index (χ3v) is 6.53. The zero-order valence-electron chi connectivity index (χ0n) is 15.2. The number of ketones is 1. The van der Waals surface area contributed by atoms with Crippen LogP contribution in [0.5, 0.6) is 0 Å². The fraction of sp³-hybridized carbons (Fsp3) is 0.435. The van der Waals surface area contributed by atoms with Gasteiger partial charge in [0.1, 0.15) is 5.76 Å². The number of hydrogen-bond acceptors (Lipinski definition) is 2. The Hall–Kier alpha value is -1.80. The van der Waals surface area contributed by atoms with Crippen LogP contribution in [0.1, 0.15) is 62.1 Å². The van der Waals surface area contributed by atoms with Gasteiger partial charge >= 0.3 is 0 Å². The summed E-state index contributed by atoms with van der Waals surface area (Å²) in [5, 5.41) is 11.8. The molecule has 0 aliphatic heterocycles. The molecule has 0 atom stereocenters. The van der Waals surface area contributed by atoms with Gasteiger partial charge in [0.2, 0.25) is 0 Å². The Kier molecular flexibility index (Phi) is 4.79. The summed E-state index contributed by atoms with van der Waals surface area (Å²) in [6.45, 7) is 2.11. The van der Waals surface area contributed by atoms with E-state index in [1.165, 1.54) is 5.57 Å². The standard InChI is InChI=1S/C23H25ClO2/c1-2-14-3-8-18(15-9-11-19(24)12-10-15)13-20(14)21-22(25)16-4-5-17(7-6-16)23(21)26/h3,8-9,11,13,16-17,25H,2,4-7,10,12H2,1H3/t16-,17+. The Morgan fingerprint density at radius 2 is 1.81 bits per heavy atom. The van der Waals surface area contributed by atoms with E-state index in [0.717, 1.165) is 66.7 Å². The fourth-order valence-corrected chi connectivity index (χ4v) is 4.76. The van der Waals surface area contributed by atoms with Crippen molar-refractivity contribution >= 4 is 28.5 Å². The van der Waals surface area contributed by atoms with E-state index in [1.807, 2.05) is 6.08 Å². The average Bonchev–Trinajstić information content (AvgIpc) is 2.86. The smallest absolute Gasteiger partial charge is 0.169 e. The van der Waals surface area contributed by atoms with Gasteiger partial charge in [-0.3, -0.25) is 4.79 Å². The number of hydrogen-bond donors (Lipinski definition) is 1. The predicted molar refractivity (Wildman–Crippen MR) is 107 cm³/mol. The van der Waals surface area contributed by atoms with E-state index in [1.54, 1.807) is 0 Å². The summed E-state index contributed by atoms with van der Waals surface area (Å²) in [5.41, 5.74) is 5.03. The van der Waals surface area contributed by atoms with Gasteiger partial charge in [-0.05, 0) is 79.4 Å². The lowest BCUT2D eigenvalue weighted by atomic mass is 9.82. The Bertz CT molecular complexity index is 836. The number of aliphatic hydroxyl groups is 1. The molecule has 26 heavy (non-hydrogen) atoms. The zero-order chi connectivity index (χ0) is 18.3. The number of carbonyl (C=O) groups excluding carboxylic acids is 1. The van der Waals surface area contributed by atoms with Gasteiger partial charge in [-0.2, -0.15) is 0 Å². The molecule has 2 nitrogen and oxygen atoms in total. The van der Waals surface area contributed by atoms with E-state index < -0.39 is 0 Å².